The molecule has 1 saturated carbocycles. The van der Waals surface area contributed by atoms with Gasteiger partial charge in [-0.2, -0.15) is 5.10 Å². The molecule has 0 aromatic carbocycles. The summed E-state index contributed by atoms with van der Waals surface area (Å²) in [5.41, 5.74) is 0. The molecule has 0 aliphatic heterocycles. The number of rotatable bonds is 2. The van der Waals surface area contributed by atoms with Gasteiger partial charge < -0.3 is 5.11 Å². The van der Waals surface area contributed by atoms with Crippen LogP contribution in [0.25, 0.3) is 0 Å². The van der Waals surface area contributed by atoms with Gasteiger partial charge in [-0.05, 0) is 31.1 Å². The first-order valence-corrected chi connectivity index (χ1v) is 5.71. The van der Waals surface area contributed by atoms with Crippen LogP contribution in [0.2, 0.25) is 0 Å². The molecule has 0 bridgehead atoms. The summed E-state index contributed by atoms with van der Waals surface area (Å²) in [5, 5.41) is 13.3. The summed E-state index contributed by atoms with van der Waals surface area (Å²) < 4.78 is 1.91. The highest BCUT2D eigenvalue weighted by Crippen LogP contribution is 2.35. The van der Waals surface area contributed by atoms with Gasteiger partial charge in [0.1, 0.15) is 12.9 Å². The molecule has 3 atom stereocenters. The van der Waals surface area contributed by atoms with E-state index >= 15 is 0 Å². The van der Waals surface area contributed by atoms with Crippen LogP contribution in [0.5, 0.6) is 0 Å². The zero-order chi connectivity index (χ0) is 10.8. The lowest BCUT2D eigenvalue weighted by Crippen LogP contribution is -2.25. The maximum absolute atomic E-state index is 9.13. The largest absolute Gasteiger partial charge is 0.388 e. The molecule has 0 saturated heterocycles. The van der Waals surface area contributed by atoms with E-state index in [1.807, 2.05) is 4.68 Å². The number of nitrogens with zero attached hydrogens (tertiary/aromatic N) is 3. The van der Waals surface area contributed by atoms with Gasteiger partial charge in [0.25, 0.3) is 0 Å². The van der Waals surface area contributed by atoms with Crippen LogP contribution in [0.1, 0.15) is 45.0 Å². The summed E-state index contributed by atoms with van der Waals surface area (Å²) in [7, 11) is 0. The molecular weight excluding hydrogens is 190 g/mol. The van der Waals surface area contributed by atoms with Gasteiger partial charge in [-0.15, -0.1) is 0 Å². The first-order chi connectivity index (χ1) is 7.22. The number of hydrogen-bond acceptors (Lipinski definition) is 3. The van der Waals surface area contributed by atoms with Crippen molar-refractivity contribution in [3.63, 3.8) is 0 Å². The van der Waals surface area contributed by atoms with Gasteiger partial charge in [0.2, 0.25) is 0 Å². The van der Waals surface area contributed by atoms with Crippen molar-refractivity contribution in [1.82, 2.24) is 14.8 Å². The van der Waals surface area contributed by atoms with Gasteiger partial charge in [0.05, 0.1) is 6.04 Å². The summed E-state index contributed by atoms with van der Waals surface area (Å²) in [5.74, 6) is 2.24. The second kappa shape index (κ2) is 4.31. The fraction of sp³-hybridized carbons (Fsp3) is 0.818. The van der Waals surface area contributed by atoms with Gasteiger partial charge in [-0.3, -0.25) is 0 Å². The van der Waals surface area contributed by atoms with E-state index in [4.69, 9.17) is 5.11 Å². The van der Waals surface area contributed by atoms with E-state index in [2.05, 4.69) is 23.9 Å². The molecular formula is C11H19N3O. The molecule has 1 aromatic heterocycles. The van der Waals surface area contributed by atoms with Gasteiger partial charge in [-0.1, -0.05) is 13.8 Å². The molecule has 0 amide bonds. The molecule has 0 radical (unpaired) electrons. The molecule has 1 aliphatic rings. The Labute approximate surface area is 90.3 Å². The second-order valence-corrected chi connectivity index (χ2v) is 4.70. The third-order valence-electron chi connectivity index (χ3n) is 3.71. The molecule has 1 aliphatic carbocycles. The quantitative estimate of drug-likeness (QED) is 0.807. The van der Waals surface area contributed by atoms with Crippen LogP contribution < -0.4 is 0 Å². The molecule has 1 N–H and O–H groups in total. The Balaban J connectivity index is 2.11. The first-order valence-electron chi connectivity index (χ1n) is 5.71. The Morgan fingerprint density at radius 1 is 1.40 bits per heavy atom. The van der Waals surface area contributed by atoms with Crippen molar-refractivity contribution in [3.8, 4) is 0 Å². The van der Waals surface area contributed by atoms with E-state index in [0.717, 1.165) is 24.7 Å². The van der Waals surface area contributed by atoms with E-state index < -0.39 is 0 Å². The maximum atomic E-state index is 9.13. The third-order valence-corrected chi connectivity index (χ3v) is 3.71. The second-order valence-electron chi connectivity index (χ2n) is 4.70. The van der Waals surface area contributed by atoms with Crippen molar-refractivity contribution in [2.24, 2.45) is 11.8 Å². The Bertz CT molecular complexity index is 323. The average Bonchev–Trinajstić information content (AvgIpc) is 2.70. The van der Waals surface area contributed by atoms with Gasteiger partial charge >= 0.3 is 0 Å². The Morgan fingerprint density at radius 2 is 2.20 bits per heavy atom. The summed E-state index contributed by atoms with van der Waals surface area (Å²) in [6, 6.07) is 0.431. The summed E-state index contributed by atoms with van der Waals surface area (Å²) in [4.78, 5) is 4.06. The molecule has 15 heavy (non-hydrogen) atoms. The van der Waals surface area contributed by atoms with Crippen LogP contribution in [0.3, 0.4) is 0 Å². The zero-order valence-corrected chi connectivity index (χ0v) is 9.43. The molecule has 4 heteroatoms. The van der Waals surface area contributed by atoms with Gasteiger partial charge in [0, 0.05) is 0 Å². The molecule has 84 valence electrons. The lowest BCUT2D eigenvalue weighted by atomic mass is 9.79. The Morgan fingerprint density at radius 3 is 2.87 bits per heavy atom. The number of hydrogen-bond donors (Lipinski definition) is 1. The van der Waals surface area contributed by atoms with Crippen molar-refractivity contribution in [3.05, 3.63) is 12.2 Å². The lowest BCUT2D eigenvalue weighted by Gasteiger charge is -2.32. The highest BCUT2D eigenvalue weighted by atomic mass is 16.3. The van der Waals surface area contributed by atoms with Crippen molar-refractivity contribution in [2.45, 2.75) is 45.8 Å². The first kappa shape index (κ1) is 10.6. The predicted molar refractivity (Wildman–Crippen MR) is 57.2 cm³/mol. The minimum Gasteiger partial charge on any atom is -0.388 e. The van der Waals surface area contributed by atoms with E-state index in [0.29, 0.717) is 11.9 Å². The van der Waals surface area contributed by atoms with Crippen molar-refractivity contribution >= 4 is 0 Å². The van der Waals surface area contributed by atoms with Crippen molar-refractivity contribution in [1.29, 1.82) is 0 Å². The van der Waals surface area contributed by atoms with Crippen LogP contribution in [0.15, 0.2) is 6.33 Å². The maximum Gasteiger partial charge on any atom is 0.152 e. The minimum atomic E-state index is -0.0135. The molecule has 2 rings (SSSR count). The summed E-state index contributed by atoms with van der Waals surface area (Å²) in [6.45, 7) is 4.60. The number of aliphatic hydroxyl groups excluding tert-OH is 1. The third kappa shape index (κ3) is 2.04. The van der Waals surface area contributed by atoms with Crippen LogP contribution in [-0.2, 0) is 6.61 Å². The summed E-state index contributed by atoms with van der Waals surface area (Å²) >= 11 is 0. The van der Waals surface area contributed by atoms with Gasteiger partial charge in [-0.25, -0.2) is 9.67 Å². The minimum absolute atomic E-state index is 0.0135. The van der Waals surface area contributed by atoms with Crippen LogP contribution >= 0.6 is 0 Å². The fourth-order valence-corrected chi connectivity index (χ4v) is 2.43. The molecule has 0 spiro atoms. The Kier molecular flexibility index (Phi) is 3.05. The molecule has 1 aromatic rings. The average molecular weight is 209 g/mol. The number of aliphatic hydroxyl groups is 1. The van der Waals surface area contributed by atoms with Gasteiger partial charge in [0.15, 0.2) is 5.82 Å². The highest BCUT2D eigenvalue weighted by molar-refractivity contribution is 4.88. The van der Waals surface area contributed by atoms with E-state index in [-0.39, 0.29) is 6.61 Å². The van der Waals surface area contributed by atoms with Crippen LogP contribution in [0.4, 0.5) is 0 Å². The zero-order valence-electron chi connectivity index (χ0n) is 9.43. The molecule has 4 nitrogen and oxygen atoms in total. The van der Waals surface area contributed by atoms with E-state index in [1.165, 1.54) is 12.7 Å². The van der Waals surface area contributed by atoms with Crippen molar-refractivity contribution < 1.29 is 5.11 Å². The topological polar surface area (TPSA) is 50.9 Å². The van der Waals surface area contributed by atoms with Crippen molar-refractivity contribution in [2.75, 3.05) is 0 Å². The lowest BCUT2D eigenvalue weighted by molar-refractivity contribution is 0.186. The fourth-order valence-electron chi connectivity index (χ4n) is 2.43. The van der Waals surface area contributed by atoms with E-state index in [9.17, 15) is 0 Å². The van der Waals surface area contributed by atoms with Crippen LogP contribution in [0, 0.1) is 11.8 Å². The normalized spacial score (nSPS) is 31.8. The number of aromatic nitrogens is 3. The predicted octanol–water partition coefficient (Wildman–Crippen LogP) is 1.77. The smallest absolute Gasteiger partial charge is 0.152 e. The molecule has 1 heterocycles. The SMILES string of the molecule is CC1CCC(n2ncnc2CO)CC1C. The molecule has 3 unspecified atom stereocenters. The van der Waals surface area contributed by atoms with Crippen LogP contribution in [-0.4, -0.2) is 19.9 Å². The Hall–Kier alpha value is -0.900. The highest BCUT2D eigenvalue weighted by Gasteiger charge is 2.27. The van der Waals surface area contributed by atoms with E-state index in [1.54, 1.807) is 0 Å². The molecule has 1 fully saturated rings. The summed E-state index contributed by atoms with van der Waals surface area (Å²) in [6.07, 6.45) is 5.09. The standard InChI is InChI=1S/C11H19N3O/c1-8-3-4-10(5-9(8)2)14-11(6-15)12-7-13-14/h7-10,15H,3-6H2,1-2H3. The monoisotopic (exact) mass is 209 g/mol.